The van der Waals surface area contributed by atoms with Crippen molar-refractivity contribution in [3.05, 3.63) is 101 Å². The largest absolute Gasteiger partial charge is 0.489 e. The monoisotopic (exact) mass is 433 g/mol. The normalized spacial score (nSPS) is 10.6. The number of aryl methyl sites for hydroxylation is 1. The molecule has 6 nitrogen and oxygen atoms in total. The van der Waals surface area contributed by atoms with Crippen LogP contribution < -0.4 is 10.1 Å². The molecule has 2 aromatic heterocycles. The number of rotatable bonds is 7. The maximum absolute atomic E-state index is 12.8. The highest BCUT2D eigenvalue weighted by Crippen LogP contribution is 2.31. The van der Waals surface area contributed by atoms with Crippen LogP contribution in [0.15, 0.2) is 77.6 Å². The number of nitrogens with zero attached hydrogens (tertiary/aromatic N) is 2. The van der Waals surface area contributed by atoms with Crippen LogP contribution in [0.5, 0.6) is 5.75 Å². The average molecular weight is 434 g/mol. The molecule has 0 bridgehead atoms. The minimum Gasteiger partial charge on any atom is -0.489 e. The Bertz CT molecular complexity index is 1170. The van der Waals surface area contributed by atoms with Crippen LogP contribution in [0.2, 0.25) is 5.02 Å². The third-order valence-corrected chi connectivity index (χ3v) is 5.05. The van der Waals surface area contributed by atoms with Crippen molar-refractivity contribution in [2.45, 2.75) is 20.1 Å². The van der Waals surface area contributed by atoms with Crippen molar-refractivity contribution in [2.75, 3.05) is 0 Å². The van der Waals surface area contributed by atoms with Gasteiger partial charge >= 0.3 is 0 Å². The van der Waals surface area contributed by atoms with E-state index in [-0.39, 0.29) is 5.91 Å². The molecule has 2 heterocycles. The summed E-state index contributed by atoms with van der Waals surface area (Å²) in [6.07, 6.45) is 3.50. The first kappa shape index (κ1) is 20.6. The van der Waals surface area contributed by atoms with E-state index in [1.165, 1.54) is 0 Å². The van der Waals surface area contributed by atoms with E-state index in [0.717, 1.165) is 16.9 Å². The summed E-state index contributed by atoms with van der Waals surface area (Å²) < 4.78 is 11.0. The summed E-state index contributed by atoms with van der Waals surface area (Å²) in [6.45, 7) is 2.51. The molecule has 0 radical (unpaired) electrons. The lowest BCUT2D eigenvalue weighted by Crippen LogP contribution is -2.23. The first-order chi connectivity index (χ1) is 15.1. The number of halogens is 1. The first-order valence-electron chi connectivity index (χ1n) is 9.72. The van der Waals surface area contributed by atoms with E-state index in [9.17, 15) is 4.79 Å². The number of amides is 1. The molecule has 2 aromatic carbocycles. The maximum Gasteiger partial charge on any atom is 0.257 e. The molecule has 0 spiro atoms. The number of aromatic nitrogens is 2. The third-order valence-electron chi connectivity index (χ3n) is 4.72. The van der Waals surface area contributed by atoms with Gasteiger partial charge in [-0.25, -0.2) is 0 Å². The summed E-state index contributed by atoms with van der Waals surface area (Å²) in [5.74, 6) is 0.909. The number of ether oxygens (including phenoxy) is 1. The predicted molar refractivity (Wildman–Crippen MR) is 118 cm³/mol. The van der Waals surface area contributed by atoms with E-state index in [4.69, 9.17) is 20.9 Å². The number of hydrogen-bond acceptors (Lipinski definition) is 5. The summed E-state index contributed by atoms with van der Waals surface area (Å²) in [4.78, 5) is 16.9. The number of pyridine rings is 1. The number of carbonyl (C=O) groups is 1. The van der Waals surface area contributed by atoms with Crippen LogP contribution in [0.25, 0.3) is 11.3 Å². The van der Waals surface area contributed by atoms with Gasteiger partial charge in [-0.15, -0.1) is 0 Å². The van der Waals surface area contributed by atoms with E-state index < -0.39 is 0 Å². The average Bonchev–Trinajstić information content (AvgIpc) is 3.19. The van der Waals surface area contributed by atoms with Crippen molar-refractivity contribution in [2.24, 2.45) is 0 Å². The zero-order valence-electron chi connectivity index (χ0n) is 16.8. The lowest BCUT2D eigenvalue weighted by atomic mass is 10.1. The first-order valence-corrected chi connectivity index (χ1v) is 10.1. The number of carbonyl (C=O) groups excluding carboxylic acids is 1. The van der Waals surface area contributed by atoms with Gasteiger partial charge in [0.2, 0.25) is 0 Å². The molecule has 0 fully saturated rings. The van der Waals surface area contributed by atoms with Gasteiger partial charge in [0.15, 0.2) is 0 Å². The predicted octanol–water partition coefficient (Wildman–Crippen LogP) is 5.21. The zero-order chi connectivity index (χ0) is 21.6. The molecule has 1 amide bonds. The summed E-state index contributed by atoms with van der Waals surface area (Å²) in [6, 6.07) is 18.6. The highest BCUT2D eigenvalue weighted by molar-refractivity contribution is 6.33. The SMILES string of the molecule is Cc1onc(-c2ccccc2Cl)c1C(=O)NCc1ccc(OCc2cccnc2)cc1. The fraction of sp³-hybridized carbons (Fsp3) is 0.125. The Labute approximate surface area is 184 Å². The molecular weight excluding hydrogens is 414 g/mol. The molecular formula is C24H20ClN3O3. The summed E-state index contributed by atoms with van der Waals surface area (Å²) in [7, 11) is 0. The van der Waals surface area contributed by atoms with Crippen molar-refractivity contribution in [1.29, 1.82) is 0 Å². The Kier molecular flexibility index (Phi) is 6.29. The molecule has 0 aliphatic heterocycles. The van der Waals surface area contributed by atoms with Crippen LogP contribution in [-0.4, -0.2) is 16.0 Å². The van der Waals surface area contributed by atoms with Crippen LogP contribution in [0.3, 0.4) is 0 Å². The van der Waals surface area contributed by atoms with E-state index in [1.807, 2.05) is 48.5 Å². The Morgan fingerprint density at radius 3 is 2.61 bits per heavy atom. The maximum atomic E-state index is 12.8. The molecule has 0 unspecified atom stereocenters. The van der Waals surface area contributed by atoms with Gasteiger partial charge < -0.3 is 14.6 Å². The molecule has 0 aliphatic carbocycles. The lowest BCUT2D eigenvalue weighted by molar-refractivity contribution is 0.0950. The fourth-order valence-electron chi connectivity index (χ4n) is 3.10. The number of nitrogens with one attached hydrogen (secondary N) is 1. The van der Waals surface area contributed by atoms with Gasteiger partial charge in [-0.3, -0.25) is 9.78 Å². The second-order valence-electron chi connectivity index (χ2n) is 6.92. The smallest absolute Gasteiger partial charge is 0.257 e. The summed E-state index contributed by atoms with van der Waals surface area (Å²) in [5, 5.41) is 7.46. The molecule has 0 aliphatic rings. The van der Waals surface area contributed by atoms with E-state index in [1.54, 1.807) is 31.5 Å². The van der Waals surface area contributed by atoms with Gasteiger partial charge in [-0.05, 0) is 36.8 Å². The Morgan fingerprint density at radius 1 is 1.06 bits per heavy atom. The fourth-order valence-corrected chi connectivity index (χ4v) is 3.33. The van der Waals surface area contributed by atoms with Crippen molar-refractivity contribution in [3.63, 3.8) is 0 Å². The topological polar surface area (TPSA) is 77.2 Å². The molecule has 4 rings (SSSR count). The van der Waals surface area contributed by atoms with Crippen molar-refractivity contribution in [3.8, 4) is 17.0 Å². The number of benzene rings is 2. The van der Waals surface area contributed by atoms with Gasteiger partial charge in [-0.1, -0.05) is 53.2 Å². The third kappa shape index (κ3) is 4.92. The second kappa shape index (κ2) is 9.45. The molecule has 1 N–H and O–H groups in total. The van der Waals surface area contributed by atoms with Gasteiger partial charge in [0, 0.05) is 30.1 Å². The van der Waals surface area contributed by atoms with E-state index in [2.05, 4.69) is 15.5 Å². The van der Waals surface area contributed by atoms with Crippen molar-refractivity contribution >= 4 is 17.5 Å². The van der Waals surface area contributed by atoms with Gasteiger partial charge in [0.25, 0.3) is 5.91 Å². The van der Waals surface area contributed by atoms with Crippen LogP contribution in [0.1, 0.15) is 27.2 Å². The Morgan fingerprint density at radius 2 is 1.87 bits per heavy atom. The lowest BCUT2D eigenvalue weighted by Gasteiger charge is -2.09. The van der Waals surface area contributed by atoms with Crippen LogP contribution >= 0.6 is 11.6 Å². The van der Waals surface area contributed by atoms with Crippen LogP contribution in [0.4, 0.5) is 0 Å². The van der Waals surface area contributed by atoms with Crippen molar-refractivity contribution in [1.82, 2.24) is 15.5 Å². The Hall–Kier alpha value is -3.64. The zero-order valence-corrected chi connectivity index (χ0v) is 17.6. The molecule has 7 heteroatoms. The second-order valence-corrected chi connectivity index (χ2v) is 7.33. The standard InChI is InChI=1S/C24H20ClN3O3/c1-16-22(23(28-31-16)20-6-2-3-7-21(20)25)24(29)27-14-17-8-10-19(11-9-17)30-15-18-5-4-12-26-13-18/h2-13H,14-15H2,1H3,(H,27,29). The molecule has 31 heavy (non-hydrogen) atoms. The van der Waals surface area contributed by atoms with E-state index in [0.29, 0.717) is 40.8 Å². The van der Waals surface area contributed by atoms with Crippen LogP contribution in [0, 0.1) is 6.92 Å². The highest BCUT2D eigenvalue weighted by Gasteiger charge is 2.22. The van der Waals surface area contributed by atoms with Crippen LogP contribution in [-0.2, 0) is 13.2 Å². The quantitative estimate of drug-likeness (QED) is 0.433. The minimum absolute atomic E-state index is 0.273. The van der Waals surface area contributed by atoms with Gasteiger partial charge in [-0.2, -0.15) is 0 Å². The van der Waals surface area contributed by atoms with Gasteiger partial charge in [0.05, 0.1) is 5.02 Å². The van der Waals surface area contributed by atoms with Gasteiger partial charge in [0.1, 0.15) is 29.4 Å². The molecule has 4 aromatic rings. The van der Waals surface area contributed by atoms with E-state index >= 15 is 0 Å². The summed E-state index contributed by atoms with van der Waals surface area (Å²) in [5.41, 5.74) is 3.40. The minimum atomic E-state index is -0.273. The molecule has 0 saturated heterocycles. The van der Waals surface area contributed by atoms with Crippen molar-refractivity contribution < 1.29 is 14.1 Å². The molecule has 0 saturated carbocycles. The summed E-state index contributed by atoms with van der Waals surface area (Å²) >= 11 is 6.27. The Balaban J connectivity index is 1.39. The molecule has 0 atom stereocenters. The highest BCUT2D eigenvalue weighted by atomic mass is 35.5. The molecule has 156 valence electrons. The number of hydrogen-bond donors (Lipinski definition) is 1.